The predicted molar refractivity (Wildman–Crippen MR) is 126 cm³/mol. The van der Waals surface area contributed by atoms with Gasteiger partial charge in [0, 0.05) is 37.8 Å². The molecule has 0 unspecified atom stereocenters. The van der Waals surface area contributed by atoms with Crippen molar-refractivity contribution in [2.24, 2.45) is 0 Å². The van der Waals surface area contributed by atoms with Crippen molar-refractivity contribution in [2.45, 2.75) is 12.8 Å². The highest BCUT2D eigenvalue weighted by Gasteiger charge is 2.17. The van der Waals surface area contributed by atoms with Gasteiger partial charge in [0.15, 0.2) is 0 Å². The van der Waals surface area contributed by atoms with E-state index in [0.717, 1.165) is 11.1 Å². The van der Waals surface area contributed by atoms with E-state index >= 15 is 0 Å². The Kier molecular flexibility index (Phi) is 7.57. The SMILES string of the molecule is CN(C)c1nc(Cc2ccc(NC(=O)C=Cc3ccccc3)cc2)nc(Cl)c1CC(=O)O. The molecule has 3 rings (SSSR count). The lowest BCUT2D eigenvalue weighted by molar-refractivity contribution is -0.136. The summed E-state index contributed by atoms with van der Waals surface area (Å²) in [5.41, 5.74) is 2.92. The molecule has 0 aliphatic rings. The summed E-state index contributed by atoms with van der Waals surface area (Å²) in [5, 5.41) is 12.1. The average molecular weight is 451 g/mol. The van der Waals surface area contributed by atoms with Crippen molar-refractivity contribution < 1.29 is 14.7 Å². The van der Waals surface area contributed by atoms with Gasteiger partial charge in [-0.1, -0.05) is 54.1 Å². The molecule has 2 N–H and O–H groups in total. The average Bonchev–Trinajstić information content (AvgIpc) is 2.75. The van der Waals surface area contributed by atoms with Crippen LogP contribution in [0.25, 0.3) is 6.08 Å². The van der Waals surface area contributed by atoms with Crippen molar-refractivity contribution in [1.29, 1.82) is 0 Å². The van der Waals surface area contributed by atoms with Crippen LogP contribution < -0.4 is 10.2 Å². The molecular weight excluding hydrogens is 428 g/mol. The van der Waals surface area contributed by atoms with E-state index in [0.29, 0.717) is 29.3 Å². The smallest absolute Gasteiger partial charge is 0.308 e. The molecule has 0 atom stereocenters. The van der Waals surface area contributed by atoms with Gasteiger partial charge in [0.1, 0.15) is 16.8 Å². The second kappa shape index (κ2) is 10.5. The molecule has 0 radical (unpaired) electrons. The highest BCUT2D eigenvalue weighted by atomic mass is 35.5. The molecule has 8 heteroatoms. The molecule has 164 valence electrons. The molecule has 2 aromatic carbocycles. The zero-order valence-corrected chi connectivity index (χ0v) is 18.5. The Bertz CT molecular complexity index is 1130. The van der Waals surface area contributed by atoms with Crippen LogP contribution in [0.15, 0.2) is 60.7 Å². The van der Waals surface area contributed by atoms with Crippen molar-refractivity contribution in [2.75, 3.05) is 24.3 Å². The number of hydrogen-bond donors (Lipinski definition) is 2. The number of nitrogens with one attached hydrogen (secondary N) is 1. The van der Waals surface area contributed by atoms with Crippen molar-refractivity contribution in [3.8, 4) is 0 Å². The summed E-state index contributed by atoms with van der Waals surface area (Å²) in [6.45, 7) is 0. The molecule has 0 aliphatic carbocycles. The maximum absolute atomic E-state index is 12.1. The number of carboxylic acid groups (broad SMARTS) is 1. The van der Waals surface area contributed by atoms with Crippen LogP contribution in [0.3, 0.4) is 0 Å². The Morgan fingerprint density at radius 1 is 1.06 bits per heavy atom. The predicted octanol–water partition coefficient (Wildman–Crippen LogP) is 4.07. The number of amides is 1. The van der Waals surface area contributed by atoms with E-state index in [1.54, 1.807) is 37.2 Å². The van der Waals surface area contributed by atoms with E-state index in [1.165, 1.54) is 6.08 Å². The van der Waals surface area contributed by atoms with Crippen molar-refractivity contribution in [3.63, 3.8) is 0 Å². The topological polar surface area (TPSA) is 95.4 Å². The molecule has 0 fully saturated rings. The molecule has 0 saturated heterocycles. The summed E-state index contributed by atoms with van der Waals surface area (Å²) in [4.78, 5) is 33.7. The van der Waals surface area contributed by atoms with Crippen LogP contribution in [0.1, 0.15) is 22.5 Å². The number of aromatic nitrogens is 2. The first-order chi connectivity index (χ1) is 15.3. The summed E-state index contributed by atoms with van der Waals surface area (Å²) >= 11 is 6.25. The molecule has 1 heterocycles. The van der Waals surface area contributed by atoms with Crippen molar-refractivity contribution in [1.82, 2.24) is 9.97 Å². The number of hydrogen-bond acceptors (Lipinski definition) is 5. The summed E-state index contributed by atoms with van der Waals surface area (Å²) in [5.74, 6) is -0.254. The lowest BCUT2D eigenvalue weighted by atomic mass is 10.1. The molecule has 0 aliphatic heterocycles. The van der Waals surface area contributed by atoms with Crippen LogP contribution in [0.5, 0.6) is 0 Å². The van der Waals surface area contributed by atoms with Crippen LogP contribution >= 0.6 is 11.6 Å². The number of benzene rings is 2. The molecule has 7 nitrogen and oxygen atoms in total. The number of carbonyl (C=O) groups excluding carboxylic acids is 1. The van der Waals surface area contributed by atoms with Gasteiger partial charge >= 0.3 is 5.97 Å². The minimum absolute atomic E-state index is 0.134. The lowest BCUT2D eigenvalue weighted by Gasteiger charge is -2.17. The fourth-order valence-corrected chi connectivity index (χ4v) is 3.30. The Balaban J connectivity index is 1.68. The molecule has 0 saturated carbocycles. The van der Waals surface area contributed by atoms with Crippen LogP contribution in [0.2, 0.25) is 5.15 Å². The Hall–Kier alpha value is -3.71. The number of anilines is 2. The minimum atomic E-state index is -0.998. The van der Waals surface area contributed by atoms with Gasteiger partial charge in [-0.3, -0.25) is 9.59 Å². The number of nitrogens with zero attached hydrogens (tertiary/aromatic N) is 3. The van der Waals surface area contributed by atoms with Crippen LogP contribution in [0.4, 0.5) is 11.5 Å². The zero-order chi connectivity index (χ0) is 23.1. The van der Waals surface area contributed by atoms with Crippen LogP contribution in [-0.4, -0.2) is 41.0 Å². The standard InChI is InChI=1S/C24H23ClN4O3/c1-29(2)24-19(15-22(31)32)23(25)27-20(28-24)14-17-8-11-18(12-9-17)26-21(30)13-10-16-6-4-3-5-7-16/h3-13H,14-15H2,1-2H3,(H,26,30)(H,31,32). The second-order valence-electron chi connectivity index (χ2n) is 7.30. The number of aliphatic carboxylic acids is 1. The van der Waals surface area contributed by atoms with E-state index in [9.17, 15) is 9.59 Å². The van der Waals surface area contributed by atoms with Crippen LogP contribution in [-0.2, 0) is 22.4 Å². The van der Waals surface area contributed by atoms with Crippen molar-refractivity contribution >= 4 is 41.1 Å². The molecular formula is C24H23ClN4O3. The normalized spacial score (nSPS) is 10.8. The van der Waals surface area contributed by atoms with Gasteiger partial charge in [0.2, 0.25) is 5.91 Å². The molecule has 0 spiro atoms. The molecule has 1 aromatic heterocycles. The maximum Gasteiger partial charge on any atom is 0.308 e. The van der Waals surface area contributed by atoms with Gasteiger partial charge in [-0.05, 0) is 29.3 Å². The molecule has 32 heavy (non-hydrogen) atoms. The van der Waals surface area contributed by atoms with Gasteiger partial charge in [0.05, 0.1) is 6.42 Å². The maximum atomic E-state index is 12.1. The largest absolute Gasteiger partial charge is 0.481 e. The third kappa shape index (κ3) is 6.39. The lowest BCUT2D eigenvalue weighted by Crippen LogP contribution is -2.18. The summed E-state index contributed by atoms with van der Waals surface area (Å²) in [6, 6.07) is 16.9. The summed E-state index contributed by atoms with van der Waals surface area (Å²) in [7, 11) is 3.55. The van der Waals surface area contributed by atoms with E-state index in [2.05, 4.69) is 15.3 Å². The Morgan fingerprint density at radius 2 is 1.75 bits per heavy atom. The van der Waals surface area contributed by atoms with Crippen LogP contribution in [0, 0.1) is 0 Å². The highest BCUT2D eigenvalue weighted by molar-refractivity contribution is 6.30. The number of carbonyl (C=O) groups is 2. The van der Waals surface area contributed by atoms with E-state index in [4.69, 9.17) is 16.7 Å². The fourth-order valence-electron chi connectivity index (χ4n) is 3.05. The second-order valence-corrected chi connectivity index (χ2v) is 7.66. The first kappa shape index (κ1) is 23.0. The van der Waals surface area contributed by atoms with Gasteiger partial charge in [0.25, 0.3) is 0 Å². The van der Waals surface area contributed by atoms with E-state index < -0.39 is 5.97 Å². The summed E-state index contributed by atoms with van der Waals surface area (Å²) in [6.07, 6.45) is 3.40. The molecule has 3 aromatic rings. The highest BCUT2D eigenvalue weighted by Crippen LogP contribution is 2.25. The van der Waals surface area contributed by atoms with E-state index in [1.807, 2.05) is 42.5 Å². The van der Waals surface area contributed by atoms with Gasteiger partial charge in [-0.15, -0.1) is 0 Å². The zero-order valence-electron chi connectivity index (χ0n) is 17.7. The minimum Gasteiger partial charge on any atom is -0.481 e. The number of carboxylic acids is 1. The third-order valence-corrected chi connectivity index (χ3v) is 4.86. The first-order valence-electron chi connectivity index (χ1n) is 9.89. The Morgan fingerprint density at radius 3 is 2.38 bits per heavy atom. The Labute approximate surface area is 191 Å². The van der Waals surface area contributed by atoms with Crippen molar-refractivity contribution in [3.05, 3.63) is 88.3 Å². The first-order valence-corrected chi connectivity index (χ1v) is 10.3. The monoisotopic (exact) mass is 450 g/mol. The molecule has 0 bridgehead atoms. The molecule has 1 amide bonds. The summed E-state index contributed by atoms with van der Waals surface area (Å²) < 4.78 is 0. The number of rotatable bonds is 8. The number of halogens is 1. The quantitative estimate of drug-likeness (QED) is 0.397. The van der Waals surface area contributed by atoms with Gasteiger partial charge in [-0.25, -0.2) is 9.97 Å². The van der Waals surface area contributed by atoms with Gasteiger partial charge < -0.3 is 15.3 Å². The fraction of sp³-hybridized carbons (Fsp3) is 0.167. The van der Waals surface area contributed by atoms with E-state index in [-0.39, 0.29) is 17.5 Å². The third-order valence-electron chi connectivity index (χ3n) is 4.54. The van der Waals surface area contributed by atoms with Gasteiger partial charge in [-0.2, -0.15) is 0 Å².